The van der Waals surface area contributed by atoms with Crippen molar-refractivity contribution in [1.82, 2.24) is 4.98 Å². The second kappa shape index (κ2) is 4.30. The van der Waals surface area contributed by atoms with Gasteiger partial charge in [-0.05, 0) is 25.5 Å². The van der Waals surface area contributed by atoms with E-state index in [-0.39, 0.29) is 6.54 Å². The number of nitrogens with zero attached hydrogens (tertiary/aromatic N) is 2. The molecule has 88 valence electrons. The van der Waals surface area contributed by atoms with Crippen LogP contribution >= 0.6 is 15.9 Å². The fraction of sp³-hybridized carbons (Fsp3) is 0.545. The second-order valence-electron chi connectivity index (χ2n) is 4.35. The Bertz CT molecular complexity index is 386. The van der Waals surface area contributed by atoms with Gasteiger partial charge in [0.1, 0.15) is 12.0 Å². The summed E-state index contributed by atoms with van der Waals surface area (Å²) in [6, 6.07) is 3.68. The van der Waals surface area contributed by atoms with Crippen LogP contribution in [0.4, 0.5) is 10.2 Å². The monoisotopic (exact) mass is 288 g/mol. The van der Waals surface area contributed by atoms with Crippen LogP contribution in [0.3, 0.4) is 0 Å². The Hall–Kier alpha value is -0.680. The number of alkyl halides is 1. The molecule has 1 aliphatic heterocycles. The highest BCUT2D eigenvalue weighted by Crippen LogP contribution is 2.28. The molecule has 2 heterocycles. The standard InChI is InChI=1S/C11H14BrFN2O/c1-11(16)3-5-15(7-9(11)13)10-6-8(12)2-4-14-10/h2,4,6,9,16H,3,5,7H2,1H3. The van der Waals surface area contributed by atoms with Crippen LogP contribution in [0.15, 0.2) is 22.8 Å². The van der Waals surface area contributed by atoms with Crippen molar-refractivity contribution < 1.29 is 9.50 Å². The van der Waals surface area contributed by atoms with Crippen LogP contribution in [0, 0.1) is 0 Å². The topological polar surface area (TPSA) is 36.4 Å². The van der Waals surface area contributed by atoms with Crippen molar-refractivity contribution in [2.45, 2.75) is 25.1 Å². The molecule has 0 saturated carbocycles. The maximum Gasteiger partial charge on any atom is 0.146 e. The van der Waals surface area contributed by atoms with E-state index < -0.39 is 11.8 Å². The number of hydrogen-bond acceptors (Lipinski definition) is 3. The van der Waals surface area contributed by atoms with E-state index in [9.17, 15) is 9.50 Å². The van der Waals surface area contributed by atoms with Gasteiger partial charge in [-0.1, -0.05) is 15.9 Å². The molecule has 2 unspecified atom stereocenters. The number of halogens is 2. The largest absolute Gasteiger partial charge is 0.387 e. The molecule has 0 amide bonds. The lowest BCUT2D eigenvalue weighted by molar-refractivity contribution is -0.0331. The summed E-state index contributed by atoms with van der Waals surface area (Å²) in [4.78, 5) is 6.05. The molecule has 0 bridgehead atoms. The molecule has 0 aromatic carbocycles. The summed E-state index contributed by atoms with van der Waals surface area (Å²) in [7, 11) is 0. The molecule has 1 aliphatic rings. The number of aliphatic hydroxyl groups is 1. The highest BCUT2D eigenvalue weighted by atomic mass is 79.9. The van der Waals surface area contributed by atoms with Crippen LogP contribution < -0.4 is 4.90 Å². The van der Waals surface area contributed by atoms with Gasteiger partial charge in [0.05, 0.1) is 12.1 Å². The summed E-state index contributed by atoms with van der Waals surface area (Å²) in [5.41, 5.74) is -1.21. The molecule has 2 atom stereocenters. The number of piperidine rings is 1. The molecule has 3 nitrogen and oxygen atoms in total. The number of aromatic nitrogens is 1. The van der Waals surface area contributed by atoms with Gasteiger partial charge in [0.25, 0.3) is 0 Å². The van der Waals surface area contributed by atoms with Crippen LogP contribution in [0.5, 0.6) is 0 Å². The van der Waals surface area contributed by atoms with Gasteiger partial charge in [0.2, 0.25) is 0 Å². The first-order valence-corrected chi connectivity index (χ1v) is 6.01. The van der Waals surface area contributed by atoms with E-state index in [0.717, 1.165) is 10.3 Å². The number of rotatable bonds is 1. The molecule has 1 N–H and O–H groups in total. The van der Waals surface area contributed by atoms with Crippen molar-refractivity contribution in [2.75, 3.05) is 18.0 Å². The summed E-state index contributed by atoms with van der Waals surface area (Å²) in [5, 5.41) is 9.73. The second-order valence-corrected chi connectivity index (χ2v) is 5.27. The van der Waals surface area contributed by atoms with E-state index in [1.807, 2.05) is 17.0 Å². The molecular weight excluding hydrogens is 275 g/mol. The molecule has 1 fully saturated rings. The SMILES string of the molecule is CC1(O)CCN(c2cc(Br)ccn2)CC1F. The molecule has 1 aromatic heterocycles. The van der Waals surface area contributed by atoms with E-state index in [4.69, 9.17) is 0 Å². The third-order valence-corrected chi connectivity index (χ3v) is 3.47. The Kier molecular flexibility index (Phi) is 3.17. The molecule has 16 heavy (non-hydrogen) atoms. The van der Waals surface area contributed by atoms with Crippen molar-refractivity contribution in [3.63, 3.8) is 0 Å². The van der Waals surface area contributed by atoms with Gasteiger partial charge in [-0.15, -0.1) is 0 Å². The van der Waals surface area contributed by atoms with E-state index >= 15 is 0 Å². The van der Waals surface area contributed by atoms with Crippen molar-refractivity contribution >= 4 is 21.7 Å². The number of pyridine rings is 1. The maximum atomic E-state index is 13.7. The molecule has 0 spiro atoms. The molecule has 5 heteroatoms. The van der Waals surface area contributed by atoms with E-state index in [0.29, 0.717) is 13.0 Å². The zero-order valence-electron chi connectivity index (χ0n) is 9.03. The Morgan fingerprint density at radius 1 is 1.69 bits per heavy atom. The summed E-state index contributed by atoms with van der Waals surface area (Å²) in [6.07, 6.45) is 0.865. The van der Waals surface area contributed by atoms with E-state index in [1.54, 1.807) is 13.1 Å². The third-order valence-electron chi connectivity index (χ3n) is 2.97. The van der Waals surface area contributed by atoms with Gasteiger partial charge < -0.3 is 10.0 Å². The minimum Gasteiger partial charge on any atom is -0.387 e. The molecule has 1 saturated heterocycles. The normalized spacial score (nSPS) is 30.5. The fourth-order valence-corrected chi connectivity index (χ4v) is 2.10. The lowest BCUT2D eigenvalue weighted by Crippen LogP contribution is -2.52. The van der Waals surface area contributed by atoms with Crippen LogP contribution in [0.1, 0.15) is 13.3 Å². The smallest absolute Gasteiger partial charge is 0.146 e. The van der Waals surface area contributed by atoms with Gasteiger partial charge >= 0.3 is 0 Å². The van der Waals surface area contributed by atoms with Gasteiger partial charge in [0.15, 0.2) is 0 Å². The Balaban J connectivity index is 2.14. The van der Waals surface area contributed by atoms with Crippen LogP contribution in [0.2, 0.25) is 0 Å². The summed E-state index contributed by atoms with van der Waals surface area (Å²) < 4.78 is 14.6. The first kappa shape index (κ1) is 11.8. The Labute approximate surface area is 102 Å². The van der Waals surface area contributed by atoms with Crippen LogP contribution in [-0.2, 0) is 0 Å². The maximum absolute atomic E-state index is 13.7. The minimum atomic E-state index is -1.23. The number of hydrogen-bond donors (Lipinski definition) is 1. The predicted molar refractivity (Wildman–Crippen MR) is 64.3 cm³/mol. The first-order chi connectivity index (χ1) is 7.49. The van der Waals surface area contributed by atoms with Crippen molar-refractivity contribution in [3.05, 3.63) is 22.8 Å². The lowest BCUT2D eigenvalue weighted by atomic mass is 9.92. The molecule has 0 aliphatic carbocycles. The molecule has 0 radical (unpaired) electrons. The van der Waals surface area contributed by atoms with Gasteiger partial charge in [-0.3, -0.25) is 0 Å². The van der Waals surface area contributed by atoms with Crippen molar-refractivity contribution in [3.8, 4) is 0 Å². The average Bonchev–Trinajstić information content (AvgIpc) is 2.22. The Morgan fingerprint density at radius 2 is 2.44 bits per heavy atom. The summed E-state index contributed by atoms with van der Waals surface area (Å²) in [6.45, 7) is 2.36. The van der Waals surface area contributed by atoms with Gasteiger partial charge in [-0.2, -0.15) is 0 Å². The average molecular weight is 289 g/mol. The molecular formula is C11H14BrFN2O. The predicted octanol–water partition coefficient (Wildman–Crippen LogP) is 2.14. The Morgan fingerprint density at radius 3 is 3.06 bits per heavy atom. The van der Waals surface area contributed by atoms with Gasteiger partial charge in [-0.25, -0.2) is 9.37 Å². The summed E-state index contributed by atoms with van der Waals surface area (Å²) in [5.74, 6) is 0.743. The zero-order valence-corrected chi connectivity index (χ0v) is 10.6. The van der Waals surface area contributed by atoms with Crippen molar-refractivity contribution in [1.29, 1.82) is 0 Å². The quantitative estimate of drug-likeness (QED) is 0.860. The highest BCUT2D eigenvalue weighted by molar-refractivity contribution is 9.10. The molecule has 1 aromatic rings. The van der Waals surface area contributed by atoms with Crippen LogP contribution in [-0.4, -0.2) is 35.0 Å². The molecule has 2 rings (SSSR count). The highest BCUT2D eigenvalue weighted by Gasteiger charge is 2.38. The lowest BCUT2D eigenvalue weighted by Gasteiger charge is -2.39. The number of anilines is 1. The fourth-order valence-electron chi connectivity index (χ4n) is 1.77. The van der Waals surface area contributed by atoms with Crippen molar-refractivity contribution in [2.24, 2.45) is 0 Å². The summed E-state index contributed by atoms with van der Waals surface area (Å²) >= 11 is 3.36. The van der Waals surface area contributed by atoms with E-state index in [1.165, 1.54) is 0 Å². The zero-order chi connectivity index (χ0) is 11.8. The van der Waals surface area contributed by atoms with Crippen LogP contribution in [0.25, 0.3) is 0 Å². The van der Waals surface area contributed by atoms with E-state index in [2.05, 4.69) is 20.9 Å². The van der Waals surface area contributed by atoms with Gasteiger partial charge in [0, 0.05) is 17.2 Å². The minimum absolute atomic E-state index is 0.191. The first-order valence-electron chi connectivity index (χ1n) is 5.22. The third kappa shape index (κ3) is 2.35.